The minimum atomic E-state index is 0.587. The Hall–Kier alpha value is -1.66. The van der Waals surface area contributed by atoms with Crippen molar-refractivity contribution in [3.8, 4) is 5.75 Å². The number of nitrogens with two attached hydrogens (primary N) is 1. The van der Waals surface area contributed by atoms with Crippen LogP contribution in [0.3, 0.4) is 0 Å². The number of para-hydroxylation sites is 2. The standard InChI is InChI=1S/C12H16N4OS/c1-2-17-10-6-4-3-5-9(10)14-12-16-15-11(18-12)7-8-13/h3-6H,2,7-8,13H2,1H3,(H,14,16). The van der Waals surface area contributed by atoms with Crippen LogP contribution in [0.5, 0.6) is 5.75 Å². The van der Waals surface area contributed by atoms with Crippen LogP contribution in [0.25, 0.3) is 0 Å². The fourth-order valence-corrected chi connectivity index (χ4v) is 2.26. The highest BCUT2D eigenvalue weighted by Crippen LogP contribution is 2.28. The van der Waals surface area contributed by atoms with Crippen LogP contribution in [0.15, 0.2) is 24.3 Å². The fraction of sp³-hybridized carbons (Fsp3) is 0.333. The lowest BCUT2D eigenvalue weighted by Gasteiger charge is -2.09. The quantitative estimate of drug-likeness (QED) is 0.836. The van der Waals surface area contributed by atoms with E-state index in [0.29, 0.717) is 13.2 Å². The van der Waals surface area contributed by atoms with E-state index < -0.39 is 0 Å². The Morgan fingerprint density at radius 3 is 2.94 bits per heavy atom. The molecule has 0 bridgehead atoms. The molecule has 6 heteroatoms. The molecule has 1 heterocycles. The molecule has 0 amide bonds. The fourth-order valence-electron chi connectivity index (χ4n) is 1.50. The summed E-state index contributed by atoms with van der Waals surface area (Å²) in [6, 6.07) is 7.77. The Kier molecular flexibility index (Phi) is 4.49. The highest BCUT2D eigenvalue weighted by molar-refractivity contribution is 7.15. The first-order chi connectivity index (χ1) is 8.83. The number of anilines is 2. The van der Waals surface area contributed by atoms with Gasteiger partial charge < -0.3 is 15.8 Å². The largest absolute Gasteiger partial charge is 0.492 e. The number of nitrogens with one attached hydrogen (secondary N) is 1. The lowest BCUT2D eigenvalue weighted by atomic mass is 10.3. The van der Waals surface area contributed by atoms with Crippen molar-refractivity contribution >= 4 is 22.2 Å². The number of nitrogens with zero attached hydrogens (tertiary/aromatic N) is 2. The Morgan fingerprint density at radius 1 is 1.33 bits per heavy atom. The predicted octanol–water partition coefficient (Wildman–Crippen LogP) is 2.18. The highest BCUT2D eigenvalue weighted by atomic mass is 32.1. The molecule has 1 aromatic carbocycles. The van der Waals surface area contributed by atoms with Gasteiger partial charge in [-0.1, -0.05) is 23.5 Å². The molecule has 0 aliphatic rings. The van der Waals surface area contributed by atoms with Gasteiger partial charge in [0.2, 0.25) is 5.13 Å². The van der Waals surface area contributed by atoms with E-state index >= 15 is 0 Å². The predicted molar refractivity (Wildman–Crippen MR) is 73.6 cm³/mol. The van der Waals surface area contributed by atoms with Crippen molar-refractivity contribution < 1.29 is 4.74 Å². The van der Waals surface area contributed by atoms with E-state index in [9.17, 15) is 0 Å². The second-order valence-electron chi connectivity index (χ2n) is 3.59. The van der Waals surface area contributed by atoms with Crippen molar-refractivity contribution in [2.75, 3.05) is 18.5 Å². The van der Waals surface area contributed by atoms with Gasteiger partial charge in [-0.2, -0.15) is 0 Å². The normalized spacial score (nSPS) is 10.3. The lowest BCUT2D eigenvalue weighted by molar-refractivity contribution is 0.342. The maximum absolute atomic E-state index is 5.54. The summed E-state index contributed by atoms with van der Waals surface area (Å²) in [4.78, 5) is 0. The molecule has 0 aliphatic carbocycles. The Balaban J connectivity index is 2.12. The molecule has 0 spiro atoms. The molecule has 0 fully saturated rings. The van der Waals surface area contributed by atoms with E-state index in [1.165, 1.54) is 11.3 Å². The first-order valence-electron chi connectivity index (χ1n) is 5.84. The molecule has 96 valence electrons. The summed E-state index contributed by atoms with van der Waals surface area (Å²) in [5.41, 5.74) is 6.38. The van der Waals surface area contributed by atoms with Crippen LogP contribution < -0.4 is 15.8 Å². The third-order valence-corrected chi connectivity index (χ3v) is 3.15. The number of ether oxygens (including phenoxy) is 1. The van der Waals surface area contributed by atoms with Gasteiger partial charge in [0.15, 0.2) is 0 Å². The lowest BCUT2D eigenvalue weighted by Crippen LogP contribution is -2.01. The van der Waals surface area contributed by atoms with Crippen molar-refractivity contribution in [3.05, 3.63) is 29.3 Å². The summed E-state index contributed by atoms with van der Waals surface area (Å²) in [5, 5.41) is 13.0. The average molecular weight is 264 g/mol. The van der Waals surface area contributed by atoms with Gasteiger partial charge in [0.1, 0.15) is 10.8 Å². The summed E-state index contributed by atoms with van der Waals surface area (Å²) in [5.74, 6) is 0.815. The topological polar surface area (TPSA) is 73.1 Å². The minimum Gasteiger partial charge on any atom is -0.492 e. The Bertz CT molecular complexity index is 500. The SMILES string of the molecule is CCOc1ccccc1Nc1nnc(CCN)s1. The van der Waals surface area contributed by atoms with Crippen LogP contribution in [-0.2, 0) is 6.42 Å². The average Bonchev–Trinajstić information content (AvgIpc) is 2.80. The van der Waals surface area contributed by atoms with Gasteiger partial charge >= 0.3 is 0 Å². The molecule has 5 nitrogen and oxygen atoms in total. The maximum Gasteiger partial charge on any atom is 0.210 e. The van der Waals surface area contributed by atoms with Gasteiger partial charge in [-0.05, 0) is 25.6 Å². The Labute approximate surface area is 110 Å². The second kappa shape index (κ2) is 6.32. The van der Waals surface area contributed by atoms with Gasteiger partial charge in [0.05, 0.1) is 12.3 Å². The third kappa shape index (κ3) is 3.18. The molecule has 3 N–H and O–H groups in total. The summed E-state index contributed by atoms with van der Waals surface area (Å²) in [6.45, 7) is 3.18. The zero-order valence-electron chi connectivity index (χ0n) is 10.2. The van der Waals surface area contributed by atoms with Crippen molar-refractivity contribution in [1.29, 1.82) is 0 Å². The zero-order valence-corrected chi connectivity index (χ0v) is 11.0. The number of hydrogen-bond donors (Lipinski definition) is 2. The second-order valence-corrected chi connectivity index (χ2v) is 4.66. The minimum absolute atomic E-state index is 0.587. The number of aromatic nitrogens is 2. The summed E-state index contributed by atoms with van der Waals surface area (Å²) in [6.07, 6.45) is 0.756. The molecule has 0 saturated carbocycles. The van der Waals surface area contributed by atoms with Crippen LogP contribution >= 0.6 is 11.3 Å². The molecule has 0 radical (unpaired) electrons. The van der Waals surface area contributed by atoms with Crippen molar-refractivity contribution in [3.63, 3.8) is 0 Å². The smallest absolute Gasteiger partial charge is 0.210 e. The van der Waals surface area contributed by atoms with E-state index in [0.717, 1.165) is 28.0 Å². The molecule has 0 atom stereocenters. The van der Waals surface area contributed by atoms with Gasteiger partial charge in [0, 0.05) is 6.42 Å². The molecule has 2 aromatic rings. The number of hydrogen-bond acceptors (Lipinski definition) is 6. The van der Waals surface area contributed by atoms with Crippen molar-refractivity contribution in [2.45, 2.75) is 13.3 Å². The van der Waals surface area contributed by atoms with Gasteiger partial charge in [-0.3, -0.25) is 0 Å². The van der Waals surface area contributed by atoms with E-state index in [2.05, 4.69) is 15.5 Å². The third-order valence-electron chi connectivity index (χ3n) is 2.25. The summed E-state index contributed by atoms with van der Waals surface area (Å²) < 4.78 is 5.54. The highest BCUT2D eigenvalue weighted by Gasteiger charge is 2.07. The number of rotatable bonds is 6. The van der Waals surface area contributed by atoms with Crippen molar-refractivity contribution in [2.24, 2.45) is 5.73 Å². The van der Waals surface area contributed by atoms with Crippen LogP contribution in [-0.4, -0.2) is 23.3 Å². The van der Waals surface area contributed by atoms with Gasteiger partial charge in [-0.15, -0.1) is 10.2 Å². The zero-order chi connectivity index (χ0) is 12.8. The summed E-state index contributed by atoms with van der Waals surface area (Å²) in [7, 11) is 0. The molecule has 0 aliphatic heterocycles. The van der Waals surface area contributed by atoms with Crippen LogP contribution in [0.1, 0.15) is 11.9 Å². The molecule has 2 rings (SSSR count). The van der Waals surface area contributed by atoms with Crippen molar-refractivity contribution in [1.82, 2.24) is 10.2 Å². The molecule has 1 aromatic heterocycles. The molecule has 18 heavy (non-hydrogen) atoms. The number of benzene rings is 1. The van der Waals surface area contributed by atoms with E-state index in [4.69, 9.17) is 10.5 Å². The summed E-state index contributed by atoms with van der Waals surface area (Å²) >= 11 is 1.51. The van der Waals surface area contributed by atoms with Crippen LogP contribution in [0.2, 0.25) is 0 Å². The van der Waals surface area contributed by atoms with E-state index in [1.807, 2.05) is 31.2 Å². The van der Waals surface area contributed by atoms with Crippen LogP contribution in [0.4, 0.5) is 10.8 Å². The molecule has 0 saturated heterocycles. The Morgan fingerprint density at radius 2 is 2.17 bits per heavy atom. The van der Waals surface area contributed by atoms with E-state index in [1.54, 1.807) is 0 Å². The van der Waals surface area contributed by atoms with Crippen LogP contribution in [0, 0.1) is 0 Å². The molecule has 0 unspecified atom stereocenters. The maximum atomic E-state index is 5.54. The van der Waals surface area contributed by atoms with E-state index in [-0.39, 0.29) is 0 Å². The van der Waals surface area contributed by atoms with Gasteiger partial charge in [-0.25, -0.2) is 0 Å². The first kappa shape index (κ1) is 12.8. The first-order valence-corrected chi connectivity index (χ1v) is 6.66. The monoisotopic (exact) mass is 264 g/mol. The molecular weight excluding hydrogens is 248 g/mol. The van der Waals surface area contributed by atoms with Gasteiger partial charge in [0.25, 0.3) is 0 Å². The molecular formula is C12H16N4OS.